The molecule has 1 aliphatic heterocycles. The minimum atomic E-state index is -1.21. The highest BCUT2D eigenvalue weighted by atomic mass is 16.5. The summed E-state index contributed by atoms with van der Waals surface area (Å²) in [5, 5.41) is 38.5. The van der Waals surface area contributed by atoms with Gasteiger partial charge in [0.2, 0.25) is 0 Å². The molecule has 1 aliphatic rings. The lowest BCUT2D eigenvalue weighted by atomic mass is 9.88. The van der Waals surface area contributed by atoms with E-state index in [1.54, 1.807) is 0 Å². The Balaban J connectivity index is 2.14. The molecular weight excluding hydrogens is 356 g/mol. The lowest BCUT2D eigenvalue weighted by Crippen LogP contribution is -2.18. The van der Waals surface area contributed by atoms with Gasteiger partial charge in [-0.25, -0.2) is 4.79 Å². The molecule has 2 atom stereocenters. The van der Waals surface area contributed by atoms with Crippen molar-refractivity contribution >= 4 is 18.0 Å². The minimum Gasteiger partial charge on any atom is -0.504 e. The summed E-state index contributed by atoms with van der Waals surface area (Å²) in [7, 11) is 1.36. The predicted octanol–water partition coefficient (Wildman–Crippen LogP) is 2.51. The van der Waals surface area contributed by atoms with Crippen LogP contribution in [0.2, 0.25) is 0 Å². The zero-order valence-electron chi connectivity index (χ0n) is 14.1. The zero-order valence-corrected chi connectivity index (χ0v) is 14.1. The van der Waals surface area contributed by atoms with Gasteiger partial charge in [-0.15, -0.1) is 0 Å². The van der Waals surface area contributed by atoms with Crippen molar-refractivity contribution in [2.45, 2.75) is 12.0 Å². The van der Waals surface area contributed by atoms with Crippen LogP contribution in [0.15, 0.2) is 36.4 Å². The van der Waals surface area contributed by atoms with Crippen molar-refractivity contribution < 1.29 is 39.5 Å². The van der Waals surface area contributed by atoms with E-state index in [0.717, 1.165) is 6.08 Å². The fourth-order valence-electron chi connectivity index (χ4n) is 3.09. The molecule has 3 rings (SSSR count). The van der Waals surface area contributed by atoms with Gasteiger partial charge in [-0.3, -0.25) is 4.79 Å². The fraction of sp³-hybridized carbons (Fsp3) is 0.158. The van der Waals surface area contributed by atoms with Crippen LogP contribution in [0.3, 0.4) is 0 Å². The van der Waals surface area contributed by atoms with Gasteiger partial charge in [0.25, 0.3) is 0 Å². The second-order valence-electron chi connectivity index (χ2n) is 5.87. The summed E-state index contributed by atoms with van der Waals surface area (Å²) >= 11 is 0. The van der Waals surface area contributed by atoms with Gasteiger partial charge < -0.3 is 29.9 Å². The first-order valence-corrected chi connectivity index (χ1v) is 7.86. The van der Waals surface area contributed by atoms with E-state index < -0.39 is 24.0 Å². The lowest BCUT2D eigenvalue weighted by molar-refractivity contribution is -0.140. The molecule has 0 radical (unpaired) electrons. The van der Waals surface area contributed by atoms with Gasteiger partial charge in [-0.1, -0.05) is 12.1 Å². The monoisotopic (exact) mass is 372 g/mol. The highest BCUT2D eigenvalue weighted by molar-refractivity contribution is 5.88. The topological polar surface area (TPSA) is 134 Å². The highest BCUT2D eigenvalue weighted by Crippen LogP contribution is 2.52. The molecule has 8 heteroatoms. The summed E-state index contributed by atoms with van der Waals surface area (Å²) in [6.45, 7) is 0. The fourth-order valence-corrected chi connectivity index (χ4v) is 3.09. The summed E-state index contributed by atoms with van der Waals surface area (Å²) < 4.78 is 10.8. The van der Waals surface area contributed by atoms with Gasteiger partial charge in [-0.2, -0.15) is 0 Å². The van der Waals surface area contributed by atoms with Crippen molar-refractivity contribution in [3.63, 3.8) is 0 Å². The smallest absolute Gasteiger partial charge is 0.328 e. The minimum absolute atomic E-state index is 0.0213. The maximum atomic E-state index is 12.0. The number of phenolic OH excluding ortho intramolecular Hbond substituents is 2. The maximum Gasteiger partial charge on any atom is 0.328 e. The van der Waals surface area contributed by atoms with Crippen LogP contribution in [0.1, 0.15) is 28.7 Å². The summed E-state index contributed by atoms with van der Waals surface area (Å²) in [6, 6.07) is 7.02. The standard InChI is InChI=1S/C19H16O8/c1-26-13-8-10(3-5-11(13)20)17-16(19(24)25)15-9(4-7-14(22)23)2-6-12(21)18(15)27-17/h2-8,16-17,20-21H,1H3,(H,22,23)(H,24,25)/b7-4+/t16-,17+/m0/s1. The van der Waals surface area contributed by atoms with Crippen LogP contribution in [0.25, 0.3) is 6.08 Å². The third-order valence-electron chi connectivity index (χ3n) is 4.27. The van der Waals surface area contributed by atoms with E-state index in [-0.39, 0.29) is 28.6 Å². The van der Waals surface area contributed by atoms with Gasteiger partial charge >= 0.3 is 11.9 Å². The quantitative estimate of drug-likeness (QED) is 0.588. The van der Waals surface area contributed by atoms with E-state index in [1.165, 1.54) is 43.5 Å². The van der Waals surface area contributed by atoms with E-state index in [2.05, 4.69) is 0 Å². The van der Waals surface area contributed by atoms with E-state index in [1.807, 2.05) is 0 Å². The van der Waals surface area contributed by atoms with Gasteiger partial charge in [0.05, 0.1) is 7.11 Å². The van der Waals surface area contributed by atoms with Gasteiger partial charge in [0.1, 0.15) is 12.0 Å². The normalized spacial score (nSPS) is 18.1. The first-order chi connectivity index (χ1) is 12.8. The summed E-state index contributed by atoms with van der Waals surface area (Å²) in [5.74, 6) is -3.84. The third-order valence-corrected chi connectivity index (χ3v) is 4.27. The molecule has 0 fully saturated rings. The average molecular weight is 372 g/mol. The molecule has 140 valence electrons. The number of methoxy groups -OCH3 is 1. The average Bonchev–Trinajstić information content (AvgIpc) is 3.03. The number of aromatic hydroxyl groups is 2. The maximum absolute atomic E-state index is 12.0. The van der Waals surface area contributed by atoms with Crippen molar-refractivity contribution in [2.75, 3.05) is 7.11 Å². The van der Waals surface area contributed by atoms with Crippen molar-refractivity contribution in [3.8, 4) is 23.0 Å². The molecule has 0 aromatic heterocycles. The molecule has 0 aliphatic carbocycles. The summed E-state index contributed by atoms with van der Waals surface area (Å²) in [5.41, 5.74) is 0.906. The molecule has 4 N–H and O–H groups in total. The highest BCUT2D eigenvalue weighted by Gasteiger charge is 2.43. The van der Waals surface area contributed by atoms with Crippen molar-refractivity contribution in [1.82, 2.24) is 0 Å². The molecule has 27 heavy (non-hydrogen) atoms. The molecule has 0 spiro atoms. The van der Waals surface area contributed by atoms with Crippen LogP contribution in [0.5, 0.6) is 23.0 Å². The number of carboxylic acids is 2. The Bertz CT molecular complexity index is 947. The van der Waals surface area contributed by atoms with E-state index >= 15 is 0 Å². The predicted molar refractivity (Wildman–Crippen MR) is 93.2 cm³/mol. The Morgan fingerprint density at radius 1 is 1.11 bits per heavy atom. The Morgan fingerprint density at radius 2 is 1.81 bits per heavy atom. The molecule has 8 nitrogen and oxygen atoms in total. The van der Waals surface area contributed by atoms with E-state index in [0.29, 0.717) is 11.1 Å². The summed E-state index contributed by atoms with van der Waals surface area (Å²) in [4.78, 5) is 22.8. The second-order valence-corrected chi connectivity index (χ2v) is 5.87. The molecule has 2 aromatic carbocycles. The van der Waals surface area contributed by atoms with Gasteiger partial charge in [0.15, 0.2) is 23.0 Å². The van der Waals surface area contributed by atoms with Crippen LogP contribution in [0, 0.1) is 0 Å². The Morgan fingerprint density at radius 3 is 2.44 bits per heavy atom. The van der Waals surface area contributed by atoms with Crippen LogP contribution >= 0.6 is 0 Å². The van der Waals surface area contributed by atoms with E-state index in [4.69, 9.17) is 14.6 Å². The SMILES string of the molecule is COc1cc([C@H]2Oc3c(O)ccc(/C=C/C(=O)O)c3[C@@H]2C(=O)O)ccc1O. The molecule has 1 heterocycles. The van der Waals surface area contributed by atoms with Crippen LogP contribution in [-0.2, 0) is 9.59 Å². The molecule has 0 bridgehead atoms. The van der Waals surface area contributed by atoms with Crippen LogP contribution in [-0.4, -0.2) is 39.5 Å². The number of benzene rings is 2. The molecule has 0 unspecified atom stereocenters. The van der Waals surface area contributed by atoms with Crippen molar-refractivity contribution in [3.05, 3.63) is 53.1 Å². The second kappa shape index (κ2) is 6.91. The van der Waals surface area contributed by atoms with Gasteiger partial charge in [-0.05, 0) is 35.4 Å². The molecule has 0 amide bonds. The first-order valence-electron chi connectivity index (χ1n) is 7.86. The first kappa shape index (κ1) is 18.1. The number of rotatable bonds is 5. The van der Waals surface area contributed by atoms with Gasteiger partial charge in [0, 0.05) is 11.6 Å². The largest absolute Gasteiger partial charge is 0.504 e. The Hall–Kier alpha value is -3.68. The number of carbonyl (C=O) groups is 2. The lowest BCUT2D eigenvalue weighted by Gasteiger charge is -2.17. The summed E-state index contributed by atoms with van der Waals surface area (Å²) in [6.07, 6.45) is 1.12. The zero-order chi connectivity index (χ0) is 19.7. The number of hydrogen-bond acceptors (Lipinski definition) is 6. The number of aliphatic carboxylic acids is 2. The number of carboxylic acid groups (broad SMARTS) is 2. The number of ether oxygens (including phenoxy) is 2. The van der Waals surface area contributed by atoms with Crippen LogP contribution in [0.4, 0.5) is 0 Å². The van der Waals surface area contributed by atoms with E-state index in [9.17, 15) is 24.9 Å². The van der Waals surface area contributed by atoms with Crippen molar-refractivity contribution in [2.24, 2.45) is 0 Å². The Labute approximate surface area is 153 Å². The molecule has 2 aromatic rings. The van der Waals surface area contributed by atoms with Crippen molar-refractivity contribution in [1.29, 1.82) is 0 Å². The third kappa shape index (κ3) is 3.24. The molecular formula is C19H16O8. The molecule has 0 saturated carbocycles. The number of fused-ring (bicyclic) bond motifs is 1. The molecule has 0 saturated heterocycles. The number of phenols is 2. The Kier molecular flexibility index (Phi) is 4.64. The number of hydrogen-bond donors (Lipinski definition) is 4. The van der Waals surface area contributed by atoms with Crippen LogP contribution < -0.4 is 9.47 Å².